The minimum atomic E-state index is -0.198. The van der Waals surface area contributed by atoms with E-state index in [9.17, 15) is 4.79 Å². The molecule has 0 saturated carbocycles. The third-order valence-corrected chi connectivity index (χ3v) is 3.45. The highest BCUT2D eigenvalue weighted by Gasteiger charge is 2.06. The van der Waals surface area contributed by atoms with Gasteiger partial charge in [-0.15, -0.1) is 0 Å². The first kappa shape index (κ1) is 11.0. The van der Waals surface area contributed by atoms with Gasteiger partial charge in [0.2, 0.25) is 0 Å². The third-order valence-electron chi connectivity index (χ3n) is 3.45. The Bertz CT molecular complexity index is 982. The smallest absolute Gasteiger partial charge is 0.287 e. The molecule has 4 rings (SSSR count). The molecular weight excluding hydrogens is 252 g/mol. The molecule has 4 nitrogen and oxygen atoms in total. The molecule has 2 aromatic heterocycles. The van der Waals surface area contributed by atoms with Crippen molar-refractivity contribution in [3.05, 3.63) is 65.2 Å². The van der Waals surface area contributed by atoms with Crippen LogP contribution >= 0.6 is 0 Å². The van der Waals surface area contributed by atoms with Gasteiger partial charge in [-0.2, -0.15) is 5.16 Å². The summed E-state index contributed by atoms with van der Waals surface area (Å²) in [4.78, 5) is 15.6. The van der Waals surface area contributed by atoms with Gasteiger partial charge in [0.25, 0.3) is 5.56 Å². The molecule has 0 aliphatic carbocycles. The van der Waals surface area contributed by atoms with Crippen molar-refractivity contribution < 1.29 is 4.52 Å². The average molecular weight is 262 g/mol. The monoisotopic (exact) mass is 262 g/mol. The second kappa shape index (κ2) is 4.06. The van der Waals surface area contributed by atoms with Crippen LogP contribution < -0.4 is 5.56 Å². The Hall–Kier alpha value is -2.88. The molecule has 0 fully saturated rings. The van der Waals surface area contributed by atoms with Gasteiger partial charge in [-0.3, -0.25) is 9.78 Å². The normalized spacial score (nSPS) is 11.2. The maximum absolute atomic E-state index is 11.4. The number of nitrogens with zero attached hydrogens (tertiary/aromatic N) is 1. The van der Waals surface area contributed by atoms with Crippen LogP contribution in [0.1, 0.15) is 0 Å². The molecule has 96 valence electrons. The molecule has 0 saturated heterocycles. The molecule has 0 bridgehead atoms. The molecular formula is C16H10N2O2. The second-order valence-corrected chi connectivity index (χ2v) is 4.68. The Kier molecular flexibility index (Phi) is 2.23. The first-order valence-corrected chi connectivity index (χ1v) is 6.27. The summed E-state index contributed by atoms with van der Waals surface area (Å²) in [5.74, 6) is 0. The molecule has 2 aromatic carbocycles. The van der Waals surface area contributed by atoms with Crippen molar-refractivity contribution in [2.75, 3.05) is 0 Å². The van der Waals surface area contributed by atoms with E-state index in [1.165, 1.54) is 0 Å². The van der Waals surface area contributed by atoms with Gasteiger partial charge in [0.05, 0.1) is 5.39 Å². The van der Waals surface area contributed by atoms with E-state index in [0.717, 1.165) is 21.9 Å². The standard InChI is InChI=1S/C16H10N2O2/c19-16-14-4-3-11(8-15(14)20-18-16)10-1-2-13-9-17-6-5-12(13)7-10/h1-9H,(H,18,19). The SMILES string of the molecule is O=c1[nH]oc2cc(-c3ccc4cnccc4c3)ccc12. The number of nitrogens with one attached hydrogen (secondary N) is 1. The number of fused-ring (bicyclic) bond motifs is 2. The quantitative estimate of drug-likeness (QED) is 0.572. The van der Waals surface area contributed by atoms with Crippen molar-refractivity contribution in [1.82, 2.24) is 10.1 Å². The van der Waals surface area contributed by atoms with E-state index in [4.69, 9.17) is 4.52 Å². The molecule has 0 aliphatic heterocycles. The Morgan fingerprint density at radius 2 is 1.80 bits per heavy atom. The number of H-pyrrole nitrogens is 1. The van der Waals surface area contributed by atoms with Gasteiger partial charge in [0.1, 0.15) is 0 Å². The number of aromatic nitrogens is 2. The van der Waals surface area contributed by atoms with E-state index in [0.29, 0.717) is 11.0 Å². The van der Waals surface area contributed by atoms with Crippen LogP contribution in [0.3, 0.4) is 0 Å². The number of aromatic amines is 1. The zero-order chi connectivity index (χ0) is 13.5. The second-order valence-electron chi connectivity index (χ2n) is 4.68. The first-order valence-electron chi connectivity index (χ1n) is 6.27. The Morgan fingerprint density at radius 1 is 0.950 bits per heavy atom. The van der Waals surface area contributed by atoms with Crippen LogP contribution in [0, 0.1) is 0 Å². The van der Waals surface area contributed by atoms with E-state index in [2.05, 4.69) is 16.2 Å². The van der Waals surface area contributed by atoms with Crippen LogP contribution in [0.4, 0.5) is 0 Å². The maximum atomic E-state index is 11.4. The lowest BCUT2D eigenvalue weighted by Gasteiger charge is -2.03. The summed E-state index contributed by atoms with van der Waals surface area (Å²) >= 11 is 0. The molecule has 1 N–H and O–H groups in total. The topological polar surface area (TPSA) is 58.9 Å². The fourth-order valence-corrected chi connectivity index (χ4v) is 2.39. The Balaban J connectivity index is 1.93. The molecule has 4 heteroatoms. The van der Waals surface area contributed by atoms with Crippen LogP contribution in [0.2, 0.25) is 0 Å². The van der Waals surface area contributed by atoms with E-state index in [1.54, 1.807) is 12.3 Å². The molecule has 0 atom stereocenters. The van der Waals surface area contributed by atoms with Crippen LogP contribution in [-0.4, -0.2) is 10.1 Å². The van der Waals surface area contributed by atoms with Crippen LogP contribution in [0.25, 0.3) is 32.9 Å². The summed E-state index contributed by atoms with van der Waals surface area (Å²) in [5.41, 5.74) is 2.46. The largest absolute Gasteiger partial charge is 0.378 e. The number of hydrogen-bond donors (Lipinski definition) is 1. The lowest BCUT2D eigenvalue weighted by atomic mass is 10.0. The number of benzene rings is 2. The van der Waals surface area contributed by atoms with Crippen molar-refractivity contribution in [3.63, 3.8) is 0 Å². The molecule has 0 spiro atoms. The summed E-state index contributed by atoms with van der Waals surface area (Å²) in [5, 5.41) is 5.15. The van der Waals surface area contributed by atoms with Crippen molar-refractivity contribution >= 4 is 21.7 Å². The van der Waals surface area contributed by atoms with E-state index in [1.807, 2.05) is 36.5 Å². The third kappa shape index (κ3) is 1.62. The predicted octanol–water partition coefficient (Wildman–Crippen LogP) is 3.34. The zero-order valence-corrected chi connectivity index (χ0v) is 10.5. The molecule has 0 amide bonds. The summed E-state index contributed by atoms with van der Waals surface area (Å²) in [6.45, 7) is 0. The first-order chi connectivity index (χ1) is 9.81. The highest BCUT2D eigenvalue weighted by Crippen LogP contribution is 2.26. The minimum Gasteiger partial charge on any atom is -0.378 e. The Morgan fingerprint density at radius 3 is 2.75 bits per heavy atom. The number of hydrogen-bond acceptors (Lipinski definition) is 3. The van der Waals surface area contributed by atoms with Gasteiger partial charge in [0.15, 0.2) is 5.58 Å². The Labute approximate surface area is 113 Å². The lowest BCUT2D eigenvalue weighted by Crippen LogP contribution is -1.95. The molecule has 0 radical (unpaired) electrons. The molecule has 0 unspecified atom stereocenters. The molecule has 4 aromatic rings. The van der Waals surface area contributed by atoms with Crippen LogP contribution in [0.5, 0.6) is 0 Å². The average Bonchev–Trinajstić information content (AvgIpc) is 2.88. The van der Waals surface area contributed by atoms with Gasteiger partial charge >= 0.3 is 0 Å². The van der Waals surface area contributed by atoms with Crippen molar-refractivity contribution in [3.8, 4) is 11.1 Å². The van der Waals surface area contributed by atoms with Crippen molar-refractivity contribution in [2.24, 2.45) is 0 Å². The van der Waals surface area contributed by atoms with Crippen LogP contribution in [0.15, 0.2) is 64.2 Å². The minimum absolute atomic E-state index is 0.198. The summed E-state index contributed by atoms with van der Waals surface area (Å²) in [7, 11) is 0. The lowest BCUT2D eigenvalue weighted by molar-refractivity contribution is 0.449. The van der Waals surface area contributed by atoms with E-state index < -0.39 is 0 Å². The van der Waals surface area contributed by atoms with Gasteiger partial charge in [-0.1, -0.05) is 18.2 Å². The van der Waals surface area contributed by atoms with Crippen molar-refractivity contribution in [2.45, 2.75) is 0 Å². The van der Waals surface area contributed by atoms with Gasteiger partial charge in [-0.25, -0.2) is 0 Å². The summed E-state index contributed by atoms with van der Waals surface area (Å²) < 4.78 is 5.15. The highest BCUT2D eigenvalue weighted by molar-refractivity contribution is 5.88. The molecule has 0 aliphatic rings. The zero-order valence-electron chi connectivity index (χ0n) is 10.5. The number of pyridine rings is 1. The summed E-state index contributed by atoms with van der Waals surface area (Å²) in [6.07, 6.45) is 3.62. The van der Waals surface area contributed by atoms with Gasteiger partial charge in [0, 0.05) is 17.8 Å². The summed E-state index contributed by atoms with van der Waals surface area (Å²) in [6, 6.07) is 13.7. The predicted molar refractivity (Wildman–Crippen MR) is 77.6 cm³/mol. The van der Waals surface area contributed by atoms with Crippen molar-refractivity contribution in [1.29, 1.82) is 0 Å². The molecule has 20 heavy (non-hydrogen) atoms. The fourth-order valence-electron chi connectivity index (χ4n) is 2.39. The molecule has 2 heterocycles. The number of rotatable bonds is 1. The highest BCUT2D eigenvalue weighted by atomic mass is 16.5. The van der Waals surface area contributed by atoms with E-state index >= 15 is 0 Å². The maximum Gasteiger partial charge on any atom is 0.287 e. The van der Waals surface area contributed by atoms with Gasteiger partial charge < -0.3 is 4.52 Å². The fraction of sp³-hybridized carbons (Fsp3) is 0. The van der Waals surface area contributed by atoms with Crippen LogP contribution in [-0.2, 0) is 0 Å². The van der Waals surface area contributed by atoms with Gasteiger partial charge in [-0.05, 0) is 40.8 Å². The van der Waals surface area contributed by atoms with E-state index in [-0.39, 0.29) is 5.56 Å².